The highest BCUT2D eigenvalue weighted by molar-refractivity contribution is 5.96. The van der Waals surface area contributed by atoms with E-state index in [1.54, 1.807) is 24.3 Å². The second-order valence-electron chi connectivity index (χ2n) is 7.36. The molecule has 29 heavy (non-hydrogen) atoms. The van der Waals surface area contributed by atoms with Crippen molar-refractivity contribution >= 4 is 5.91 Å². The van der Waals surface area contributed by atoms with E-state index in [1.165, 1.54) is 0 Å². The monoisotopic (exact) mass is 406 g/mol. The topological polar surface area (TPSA) is 32.8 Å². The second kappa shape index (κ2) is 8.86. The molecule has 1 aliphatic rings. The van der Waals surface area contributed by atoms with Gasteiger partial charge in [0, 0.05) is 38.3 Å². The van der Waals surface area contributed by atoms with Crippen molar-refractivity contribution in [1.82, 2.24) is 9.80 Å². The van der Waals surface area contributed by atoms with Gasteiger partial charge >= 0.3 is 6.18 Å². The van der Waals surface area contributed by atoms with Crippen LogP contribution in [0.1, 0.15) is 27.0 Å². The molecule has 0 atom stereocenters. The quantitative estimate of drug-likeness (QED) is 0.746. The predicted molar refractivity (Wildman–Crippen MR) is 105 cm³/mol. The minimum absolute atomic E-state index is 0.0667. The number of aryl methyl sites for hydroxylation is 1. The van der Waals surface area contributed by atoms with Gasteiger partial charge in [-0.15, -0.1) is 0 Å². The van der Waals surface area contributed by atoms with Gasteiger partial charge in [0.2, 0.25) is 0 Å². The SMILES string of the molecule is Cc1cccc(C(=O)N2CCN(Cc3ccc(OCC(F)(F)F)cc3)CC2)c1C. The van der Waals surface area contributed by atoms with Crippen molar-refractivity contribution in [2.24, 2.45) is 0 Å². The lowest BCUT2D eigenvalue weighted by molar-refractivity contribution is -0.153. The Balaban J connectivity index is 1.51. The molecule has 0 bridgehead atoms. The summed E-state index contributed by atoms with van der Waals surface area (Å²) in [5.41, 5.74) is 3.89. The van der Waals surface area contributed by atoms with Crippen LogP contribution in [0.4, 0.5) is 13.2 Å². The van der Waals surface area contributed by atoms with Crippen molar-refractivity contribution in [2.45, 2.75) is 26.6 Å². The smallest absolute Gasteiger partial charge is 0.422 e. The van der Waals surface area contributed by atoms with E-state index in [-0.39, 0.29) is 11.7 Å². The number of hydrogen-bond donors (Lipinski definition) is 0. The van der Waals surface area contributed by atoms with Crippen molar-refractivity contribution < 1.29 is 22.7 Å². The van der Waals surface area contributed by atoms with Crippen LogP contribution in [0.5, 0.6) is 5.75 Å². The Bertz CT molecular complexity index is 842. The first-order chi connectivity index (χ1) is 13.7. The third kappa shape index (κ3) is 5.73. The van der Waals surface area contributed by atoms with Gasteiger partial charge in [0.15, 0.2) is 6.61 Å². The van der Waals surface area contributed by atoms with Gasteiger partial charge in [-0.3, -0.25) is 9.69 Å². The Morgan fingerprint density at radius 2 is 1.66 bits per heavy atom. The molecule has 2 aromatic carbocycles. The molecule has 156 valence electrons. The van der Waals surface area contributed by atoms with Gasteiger partial charge in [-0.1, -0.05) is 24.3 Å². The number of benzene rings is 2. The average molecular weight is 406 g/mol. The maximum Gasteiger partial charge on any atom is 0.422 e. The first kappa shape index (κ1) is 21.2. The van der Waals surface area contributed by atoms with Gasteiger partial charge in [0.05, 0.1) is 0 Å². The molecule has 1 saturated heterocycles. The highest BCUT2D eigenvalue weighted by Crippen LogP contribution is 2.20. The number of carbonyl (C=O) groups is 1. The molecular formula is C22H25F3N2O2. The maximum absolute atomic E-state index is 12.8. The van der Waals surface area contributed by atoms with Crippen LogP contribution >= 0.6 is 0 Å². The molecule has 0 saturated carbocycles. The third-order valence-corrected chi connectivity index (χ3v) is 5.23. The molecule has 0 aromatic heterocycles. The fourth-order valence-electron chi connectivity index (χ4n) is 3.38. The van der Waals surface area contributed by atoms with Gasteiger partial charge in [-0.25, -0.2) is 0 Å². The fourth-order valence-corrected chi connectivity index (χ4v) is 3.38. The van der Waals surface area contributed by atoms with Crippen LogP contribution in [-0.4, -0.2) is 54.7 Å². The summed E-state index contributed by atoms with van der Waals surface area (Å²) in [6.07, 6.45) is -4.34. The minimum Gasteiger partial charge on any atom is -0.484 e. The molecule has 1 aliphatic heterocycles. The zero-order valence-electron chi connectivity index (χ0n) is 16.6. The first-order valence-corrected chi connectivity index (χ1v) is 9.59. The van der Waals surface area contributed by atoms with Gasteiger partial charge in [0.1, 0.15) is 5.75 Å². The maximum atomic E-state index is 12.8. The van der Waals surface area contributed by atoms with E-state index in [4.69, 9.17) is 4.74 Å². The molecule has 2 aromatic rings. The molecule has 1 heterocycles. The van der Waals surface area contributed by atoms with Crippen LogP contribution < -0.4 is 4.74 Å². The van der Waals surface area contributed by atoms with E-state index in [0.29, 0.717) is 19.6 Å². The standard InChI is InChI=1S/C22H25F3N2O2/c1-16-4-3-5-20(17(16)2)21(28)27-12-10-26(11-13-27)14-18-6-8-19(9-7-18)29-15-22(23,24)25/h3-9H,10-15H2,1-2H3. The summed E-state index contributed by atoms with van der Waals surface area (Å²) in [5, 5.41) is 0. The van der Waals surface area contributed by atoms with Crippen LogP contribution in [0, 0.1) is 13.8 Å². The van der Waals surface area contributed by atoms with E-state index >= 15 is 0 Å². The number of rotatable bonds is 5. The lowest BCUT2D eigenvalue weighted by atomic mass is 10.0. The van der Waals surface area contributed by atoms with Crippen molar-refractivity contribution in [2.75, 3.05) is 32.8 Å². The molecule has 0 N–H and O–H groups in total. The summed E-state index contributed by atoms with van der Waals surface area (Å²) >= 11 is 0. The average Bonchev–Trinajstić information content (AvgIpc) is 2.69. The molecular weight excluding hydrogens is 381 g/mol. The number of carbonyl (C=O) groups excluding carboxylic acids is 1. The molecule has 3 rings (SSSR count). The Morgan fingerprint density at radius 3 is 2.28 bits per heavy atom. The number of amides is 1. The number of nitrogens with zero attached hydrogens (tertiary/aromatic N) is 2. The predicted octanol–water partition coefficient (Wildman–Crippen LogP) is 4.20. The zero-order valence-corrected chi connectivity index (χ0v) is 16.6. The van der Waals surface area contributed by atoms with Crippen LogP contribution in [0.3, 0.4) is 0 Å². The van der Waals surface area contributed by atoms with Gasteiger partial charge in [-0.05, 0) is 48.7 Å². The summed E-state index contributed by atoms with van der Waals surface area (Å²) < 4.78 is 41.4. The molecule has 4 nitrogen and oxygen atoms in total. The highest BCUT2D eigenvalue weighted by atomic mass is 19.4. The molecule has 0 radical (unpaired) electrons. The van der Waals surface area contributed by atoms with E-state index in [0.717, 1.165) is 35.3 Å². The van der Waals surface area contributed by atoms with Gasteiger partial charge in [-0.2, -0.15) is 13.2 Å². The van der Waals surface area contributed by atoms with Gasteiger partial charge in [0.25, 0.3) is 5.91 Å². The van der Waals surface area contributed by atoms with E-state index in [2.05, 4.69) is 4.90 Å². The Morgan fingerprint density at radius 1 is 1.00 bits per heavy atom. The number of piperazine rings is 1. The Labute approximate surface area is 168 Å². The molecule has 7 heteroatoms. The number of alkyl halides is 3. The van der Waals surface area contributed by atoms with Crippen LogP contribution in [0.25, 0.3) is 0 Å². The van der Waals surface area contributed by atoms with Crippen LogP contribution in [0.15, 0.2) is 42.5 Å². The van der Waals surface area contributed by atoms with Crippen molar-refractivity contribution in [3.63, 3.8) is 0 Å². The number of halogens is 3. The number of hydrogen-bond acceptors (Lipinski definition) is 3. The summed E-state index contributed by atoms with van der Waals surface area (Å²) in [6.45, 7) is 6.18. The van der Waals surface area contributed by atoms with Gasteiger partial charge < -0.3 is 9.64 Å². The molecule has 1 fully saturated rings. The summed E-state index contributed by atoms with van der Waals surface area (Å²) in [4.78, 5) is 16.9. The summed E-state index contributed by atoms with van der Waals surface area (Å²) in [5.74, 6) is 0.270. The lowest BCUT2D eigenvalue weighted by Gasteiger charge is -2.35. The molecule has 0 unspecified atom stereocenters. The minimum atomic E-state index is -4.34. The largest absolute Gasteiger partial charge is 0.484 e. The summed E-state index contributed by atoms with van der Waals surface area (Å²) in [6, 6.07) is 12.5. The first-order valence-electron chi connectivity index (χ1n) is 9.59. The molecule has 1 amide bonds. The normalized spacial score (nSPS) is 15.4. The Kier molecular flexibility index (Phi) is 6.47. The van der Waals surface area contributed by atoms with E-state index < -0.39 is 12.8 Å². The van der Waals surface area contributed by atoms with E-state index in [1.807, 2.05) is 36.9 Å². The van der Waals surface area contributed by atoms with Crippen molar-refractivity contribution in [3.05, 3.63) is 64.7 Å². The Hall–Kier alpha value is -2.54. The fraction of sp³-hybridized carbons (Fsp3) is 0.409. The lowest BCUT2D eigenvalue weighted by Crippen LogP contribution is -2.48. The zero-order chi connectivity index (χ0) is 21.0. The molecule has 0 aliphatic carbocycles. The van der Waals surface area contributed by atoms with Crippen LogP contribution in [0.2, 0.25) is 0 Å². The van der Waals surface area contributed by atoms with Crippen LogP contribution in [-0.2, 0) is 6.54 Å². The second-order valence-corrected chi connectivity index (χ2v) is 7.36. The van der Waals surface area contributed by atoms with Crippen molar-refractivity contribution in [1.29, 1.82) is 0 Å². The number of ether oxygens (including phenoxy) is 1. The molecule has 0 spiro atoms. The van der Waals surface area contributed by atoms with E-state index in [9.17, 15) is 18.0 Å². The van der Waals surface area contributed by atoms with Crippen molar-refractivity contribution in [3.8, 4) is 5.75 Å². The third-order valence-electron chi connectivity index (χ3n) is 5.23. The summed E-state index contributed by atoms with van der Waals surface area (Å²) in [7, 11) is 0. The highest BCUT2D eigenvalue weighted by Gasteiger charge is 2.28.